The molecule has 0 radical (unpaired) electrons. The van der Waals surface area contributed by atoms with Crippen molar-refractivity contribution in [2.75, 3.05) is 5.32 Å². The highest BCUT2D eigenvalue weighted by Gasteiger charge is 2.31. The number of nitrogens with zero attached hydrogens (tertiary/aromatic N) is 3. The van der Waals surface area contributed by atoms with Gasteiger partial charge in [-0.05, 0) is 50.2 Å². The third kappa shape index (κ3) is 4.67. The van der Waals surface area contributed by atoms with Gasteiger partial charge in [-0.3, -0.25) is 5.73 Å². The molecule has 0 bridgehead atoms. The van der Waals surface area contributed by atoms with Crippen LogP contribution in [0.3, 0.4) is 0 Å². The summed E-state index contributed by atoms with van der Waals surface area (Å²) in [5, 5.41) is 3.02. The van der Waals surface area contributed by atoms with E-state index in [9.17, 15) is 8.42 Å². The molecule has 0 fully saturated rings. The average Bonchev–Trinajstić information content (AvgIpc) is 2.63. The number of hydrogen-bond acceptors (Lipinski definition) is 4. The monoisotopic (exact) mass is 450 g/mol. The van der Waals surface area contributed by atoms with Crippen LogP contribution < -0.4 is 11.1 Å². The molecule has 1 heterocycles. The highest BCUT2D eigenvalue weighted by molar-refractivity contribution is 7.85. The highest BCUT2D eigenvalue weighted by atomic mass is 35.5. The summed E-state index contributed by atoms with van der Waals surface area (Å²) >= 11 is 12.2. The fourth-order valence-corrected chi connectivity index (χ4v) is 4.83. The van der Waals surface area contributed by atoms with Gasteiger partial charge in [0.1, 0.15) is 10.6 Å². The lowest BCUT2D eigenvalue weighted by Crippen LogP contribution is -2.36. The van der Waals surface area contributed by atoms with Gasteiger partial charge in [-0.2, -0.15) is 8.42 Å². The van der Waals surface area contributed by atoms with Crippen LogP contribution in [-0.2, 0) is 10.0 Å². The van der Waals surface area contributed by atoms with Crippen LogP contribution in [0.15, 0.2) is 59.5 Å². The molecule has 10 heteroatoms. The largest absolute Gasteiger partial charge is 0.371 e. The molecule has 0 atom stereocenters. The summed E-state index contributed by atoms with van der Waals surface area (Å²) in [5.74, 6) is -0.0365. The summed E-state index contributed by atoms with van der Waals surface area (Å²) in [6.07, 6.45) is 0. The molecule has 7 nitrogen and oxygen atoms in total. The summed E-state index contributed by atoms with van der Waals surface area (Å²) in [5.41, 5.74) is 7.91. The first kappa shape index (κ1) is 21.0. The Morgan fingerprint density at radius 3 is 2.24 bits per heavy atom. The number of para-hydroxylation sites is 1. The highest BCUT2D eigenvalue weighted by Crippen LogP contribution is 2.29. The third-order valence-corrected chi connectivity index (χ3v) is 6.30. The molecule has 0 spiro atoms. The topological polar surface area (TPSA) is 101 Å². The molecule has 3 rings (SSSR count). The number of hydrogen-bond donors (Lipinski definition) is 2. The Morgan fingerprint density at radius 1 is 1.00 bits per heavy atom. The number of nitrogens with one attached hydrogen (secondary N) is 1. The van der Waals surface area contributed by atoms with Crippen LogP contribution in [-0.4, -0.2) is 28.3 Å². The molecular weight excluding hydrogens is 433 g/mol. The van der Waals surface area contributed by atoms with Gasteiger partial charge in [-0.25, -0.2) is 15.3 Å². The summed E-state index contributed by atoms with van der Waals surface area (Å²) in [4.78, 5) is 8.31. The summed E-state index contributed by atoms with van der Waals surface area (Å²) in [6, 6.07) is 14.3. The lowest BCUT2D eigenvalue weighted by atomic mass is 10.3. The first-order valence-electron chi connectivity index (χ1n) is 8.45. The molecule has 0 aliphatic heterocycles. The molecule has 0 saturated heterocycles. The fourth-order valence-electron chi connectivity index (χ4n) is 2.69. The molecule has 29 heavy (non-hydrogen) atoms. The van der Waals surface area contributed by atoms with Gasteiger partial charge >= 0.3 is 16.0 Å². The third-order valence-electron chi connectivity index (χ3n) is 3.84. The van der Waals surface area contributed by atoms with E-state index in [-0.39, 0.29) is 26.8 Å². The van der Waals surface area contributed by atoms with E-state index in [1.165, 1.54) is 18.2 Å². The number of sulfonamides is 1. The summed E-state index contributed by atoms with van der Waals surface area (Å²) < 4.78 is 27.9. The van der Waals surface area contributed by atoms with E-state index in [0.717, 1.165) is 3.98 Å². The van der Waals surface area contributed by atoms with Gasteiger partial charge in [0, 0.05) is 16.4 Å². The summed E-state index contributed by atoms with van der Waals surface area (Å²) in [6.45, 7) is 3.60. The van der Waals surface area contributed by atoms with Crippen LogP contribution in [0.5, 0.6) is 0 Å². The molecule has 0 aliphatic rings. The van der Waals surface area contributed by atoms with Crippen molar-refractivity contribution in [2.45, 2.75) is 18.7 Å². The maximum atomic E-state index is 13.5. The minimum Gasteiger partial charge on any atom is -0.289 e. The van der Waals surface area contributed by atoms with Crippen molar-refractivity contribution >= 4 is 50.8 Å². The van der Waals surface area contributed by atoms with Crippen molar-refractivity contribution in [1.82, 2.24) is 9.97 Å². The van der Waals surface area contributed by atoms with Gasteiger partial charge in [0.25, 0.3) is 5.95 Å². The van der Waals surface area contributed by atoms with Gasteiger partial charge in [0.2, 0.25) is 0 Å². The Bertz CT molecular complexity index is 1180. The van der Waals surface area contributed by atoms with Crippen molar-refractivity contribution in [2.24, 2.45) is 5.73 Å². The quantitative estimate of drug-likeness (QED) is 0.355. The van der Waals surface area contributed by atoms with E-state index in [0.29, 0.717) is 17.1 Å². The minimum atomic E-state index is -4.21. The Morgan fingerprint density at radius 2 is 1.62 bits per heavy atom. The number of halogens is 2. The molecule has 2 aromatic carbocycles. The lowest BCUT2D eigenvalue weighted by molar-refractivity contribution is -0.262. The van der Waals surface area contributed by atoms with Gasteiger partial charge < -0.3 is 0 Å². The zero-order chi connectivity index (χ0) is 21.2. The van der Waals surface area contributed by atoms with Gasteiger partial charge in [-0.15, -0.1) is 3.98 Å². The number of rotatable bonds is 4. The first-order valence-corrected chi connectivity index (χ1v) is 10.7. The molecule has 0 amide bonds. The zero-order valence-corrected chi connectivity index (χ0v) is 17.9. The predicted molar refractivity (Wildman–Crippen MR) is 114 cm³/mol. The Labute approximate surface area is 178 Å². The van der Waals surface area contributed by atoms with Crippen LogP contribution in [0.2, 0.25) is 10.0 Å². The van der Waals surface area contributed by atoms with Crippen LogP contribution >= 0.6 is 23.2 Å². The molecule has 1 aromatic heterocycles. The molecule has 3 aromatic rings. The first-order chi connectivity index (χ1) is 13.7. The van der Waals surface area contributed by atoms with Gasteiger partial charge in [0.15, 0.2) is 0 Å². The van der Waals surface area contributed by atoms with Gasteiger partial charge in [0.05, 0.1) is 5.02 Å². The van der Waals surface area contributed by atoms with Crippen LogP contribution in [0.25, 0.3) is 0 Å². The van der Waals surface area contributed by atoms with E-state index in [1.54, 1.807) is 50.2 Å². The smallest absolute Gasteiger partial charge is 0.289 e. The minimum absolute atomic E-state index is 0.0192. The molecule has 150 valence electrons. The number of aryl methyl sites for hydroxylation is 2. The maximum absolute atomic E-state index is 13.5. The van der Waals surface area contributed by atoms with Crippen molar-refractivity contribution in [1.29, 1.82) is 0 Å². The van der Waals surface area contributed by atoms with E-state index >= 15 is 0 Å². The normalized spacial score (nSPS) is 12.4. The Kier molecular flexibility index (Phi) is 6.07. The zero-order valence-electron chi connectivity index (χ0n) is 15.6. The van der Waals surface area contributed by atoms with Gasteiger partial charge in [-0.1, -0.05) is 41.4 Å². The SMILES string of the molecule is Cc1cc(C)nc(NC(N)=[N+](c2ccccc2)S(=O)(=O)c2cc(Cl)ccc2Cl)n1. The molecule has 3 N–H and O–H groups in total. The second kappa shape index (κ2) is 8.36. The predicted octanol–water partition coefficient (Wildman–Crippen LogP) is 3.86. The van der Waals surface area contributed by atoms with E-state index in [1.807, 2.05) is 0 Å². The number of anilines is 1. The second-order valence-corrected chi connectivity index (χ2v) is 8.76. The standard InChI is InChI=1S/C19H17Cl2N5O2S/c1-12-10-13(2)24-19(23-12)25-18(22)26(15-6-4-3-5-7-15)29(27,28)17-11-14(20)8-9-16(17)21/h3-11H,1-2H3,(H2,22,23,24,25)/p+1. The van der Waals surface area contributed by atoms with Crippen LogP contribution in [0, 0.1) is 13.8 Å². The van der Waals surface area contributed by atoms with Crippen molar-refractivity contribution < 1.29 is 12.4 Å². The molecule has 0 unspecified atom stereocenters. The second-order valence-electron chi connectivity index (χ2n) is 6.16. The van der Waals surface area contributed by atoms with E-state index < -0.39 is 10.0 Å². The summed E-state index contributed by atoms with van der Waals surface area (Å²) in [7, 11) is -4.21. The number of aromatic nitrogens is 2. The molecular formula is C19H18Cl2N5O2S+. The molecule has 0 saturated carbocycles. The maximum Gasteiger partial charge on any atom is 0.371 e. The molecule has 0 aliphatic carbocycles. The fraction of sp³-hybridized carbons (Fsp3) is 0.105. The Hall–Kier alpha value is -2.68. The Balaban J connectivity index is 2.22. The van der Waals surface area contributed by atoms with Crippen molar-refractivity contribution in [3.05, 3.63) is 76.0 Å². The van der Waals surface area contributed by atoms with Crippen LogP contribution in [0.4, 0.5) is 11.6 Å². The van der Waals surface area contributed by atoms with E-state index in [4.69, 9.17) is 28.9 Å². The number of benzene rings is 2. The van der Waals surface area contributed by atoms with Crippen molar-refractivity contribution in [3.63, 3.8) is 0 Å². The van der Waals surface area contributed by atoms with Crippen LogP contribution in [0.1, 0.15) is 11.4 Å². The van der Waals surface area contributed by atoms with E-state index in [2.05, 4.69) is 15.3 Å². The van der Waals surface area contributed by atoms with Crippen molar-refractivity contribution in [3.8, 4) is 0 Å². The number of nitrogens with two attached hydrogens (primary N) is 1. The lowest BCUT2D eigenvalue weighted by Gasteiger charge is -2.13. The average molecular weight is 451 g/mol. The number of guanidine groups is 1.